The summed E-state index contributed by atoms with van der Waals surface area (Å²) in [6.45, 7) is 1.97. The number of nitrogens with zero attached hydrogens (tertiary/aromatic N) is 1. The van der Waals surface area contributed by atoms with Gasteiger partial charge in [0.1, 0.15) is 5.56 Å². The summed E-state index contributed by atoms with van der Waals surface area (Å²) in [5.41, 5.74) is 1.89. The number of amides is 2. The lowest BCUT2D eigenvalue weighted by Gasteiger charge is -2.04. The minimum atomic E-state index is -0.545. The van der Waals surface area contributed by atoms with Crippen LogP contribution in [0.1, 0.15) is 21.6 Å². The van der Waals surface area contributed by atoms with Crippen molar-refractivity contribution in [2.24, 2.45) is 0 Å². The Balaban J connectivity index is 1.60. The zero-order valence-electron chi connectivity index (χ0n) is 13.9. The zero-order chi connectivity index (χ0) is 18.5. The Kier molecular flexibility index (Phi) is 5.23. The normalized spacial score (nSPS) is 10.3. The summed E-state index contributed by atoms with van der Waals surface area (Å²) in [6, 6.07) is 10.5. The number of hydrogen-bond donors (Lipinski definition) is 3. The van der Waals surface area contributed by atoms with Crippen LogP contribution in [0.15, 0.2) is 52.8 Å². The topological polar surface area (TPSA) is 104 Å². The maximum Gasteiger partial charge on any atom is 0.263 e. The van der Waals surface area contributed by atoms with Crippen LogP contribution in [0.3, 0.4) is 0 Å². The highest BCUT2D eigenvalue weighted by atomic mass is 32.1. The monoisotopic (exact) mass is 368 g/mol. The summed E-state index contributed by atoms with van der Waals surface area (Å²) in [5.74, 6) is -0.742. The van der Waals surface area contributed by atoms with Gasteiger partial charge in [-0.15, -0.1) is 11.3 Å². The molecule has 0 saturated heterocycles. The maximum atomic E-state index is 12.1. The van der Waals surface area contributed by atoms with Gasteiger partial charge >= 0.3 is 0 Å². The molecule has 3 rings (SSSR count). The Bertz CT molecular complexity index is 992. The molecule has 0 aliphatic rings. The Morgan fingerprint density at radius 1 is 1.15 bits per heavy atom. The molecule has 0 unspecified atom stereocenters. The number of anilines is 2. The summed E-state index contributed by atoms with van der Waals surface area (Å²) in [5, 5.41) is 7.38. The molecule has 0 bridgehead atoms. The molecule has 0 saturated carbocycles. The molecule has 26 heavy (non-hydrogen) atoms. The second-order valence-corrected chi connectivity index (χ2v) is 6.46. The largest absolute Gasteiger partial charge is 0.328 e. The van der Waals surface area contributed by atoms with Gasteiger partial charge in [0.2, 0.25) is 5.91 Å². The smallest absolute Gasteiger partial charge is 0.263 e. The molecule has 0 spiro atoms. The molecule has 3 aromatic rings. The van der Waals surface area contributed by atoms with Gasteiger partial charge in [0.25, 0.3) is 11.5 Å². The summed E-state index contributed by atoms with van der Waals surface area (Å²) < 4.78 is 0. The fraction of sp³-hybridized carbons (Fsp3) is 0.111. The van der Waals surface area contributed by atoms with Crippen molar-refractivity contribution >= 4 is 34.0 Å². The predicted molar refractivity (Wildman–Crippen MR) is 101 cm³/mol. The standard InChI is InChI=1S/C18H16N4O3S/c1-11-4-6-12(7-5-11)20-15(23)9-13-10-26-18(21-13)22-17(25)14-3-2-8-19-16(14)24/h2-8,10H,9H2,1H3,(H,19,24)(H,20,23)(H,21,22,25). The van der Waals surface area contributed by atoms with Crippen molar-refractivity contribution < 1.29 is 9.59 Å². The van der Waals surface area contributed by atoms with E-state index in [9.17, 15) is 14.4 Å². The number of nitrogens with one attached hydrogen (secondary N) is 3. The first-order valence-corrected chi connectivity index (χ1v) is 8.69. The Morgan fingerprint density at radius 2 is 1.92 bits per heavy atom. The number of H-pyrrole nitrogens is 1. The van der Waals surface area contributed by atoms with Crippen LogP contribution in [-0.4, -0.2) is 21.8 Å². The molecule has 2 amide bonds. The quantitative estimate of drug-likeness (QED) is 0.644. The van der Waals surface area contributed by atoms with E-state index < -0.39 is 11.5 Å². The van der Waals surface area contributed by atoms with Crippen LogP contribution in [0.2, 0.25) is 0 Å². The second kappa shape index (κ2) is 7.75. The van der Waals surface area contributed by atoms with Crippen LogP contribution >= 0.6 is 11.3 Å². The fourth-order valence-electron chi connectivity index (χ4n) is 2.22. The van der Waals surface area contributed by atoms with Crippen molar-refractivity contribution in [3.05, 3.63) is 75.1 Å². The average Bonchev–Trinajstić information content (AvgIpc) is 3.04. The molecule has 0 radical (unpaired) electrons. The molecule has 0 fully saturated rings. The van der Waals surface area contributed by atoms with Crippen LogP contribution in [0, 0.1) is 6.92 Å². The second-order valence-electron chi connectivity index (χ2n) is 5.60. The van der Waals surface area contributed by atoms with Crippen LogP contribution in [-0.2, 0) is 11.2 Å². The van der Waals surface area contributed by atoms with E-state index in [2.05, 4.69) is 20.6 Å². The molecule has 3 N–H and O–H groups in total. The van der Waals surface area contributed by atoms with Gasteiger partial charge in [-0.1, -0.05) is 17.7 Å². The van der Waals surface area contributed by atoms with Crippen molar-refractivity contribution in [3.8, 4) is 0 Å². The highest BCUT2D eigenvalue weighted by Gasteiger charge is 2.13. The van der Waals surface area contributed by atoms with Gasteiger partial charge in [-0.2, -0.15) is 0 Å². The van der Waals surface area contributed by atoms with E-state index >= 15 is 0 Å². The molecule has 0 aliphatic carbocycles. The highest BCUT2D eigenvalue weighted by Crippen LogP contribution is 2.17. The number of thiazole rings is 1. The number of carbonyl (C=O) groups excluding carboxylic acids is 2. The number of rotatable bonds is 5. The molecule has 0 aliphatic heterocycles. The number of hydrogen-bond acceptors (Lipinski definition) is 5. The van der Waals surface area contributed by atoms with Gasteiger partial charge in [-0.05, 0) is 31.2 Å². The van der Waals surface area contributed by atoms with Crippen LogP contribution in [0.25, 0.3) is 0 Å². The number of benzene rings is 1. The van der Waals surface area contributed by atoms with Gasteiger partial charge in [-0.25, -0.2) is 4.98 Å². The van der Waals surface area contributed by atoms with Crippen molar-refractivity contribution in [3.63, 3.8) is 0 Å². The minimum absolute atomic E-state index is 0.00126. The first kappa shape index (κ1) is 17.6. The van der Waals surface area contributed by atoms with Gasteiger partial charge in [-0.3, -0.25) is 19.7 Å². The van der Waals surface area contributed by atoms with Crippen molar-refractivity contribution in [2.75, 3.05) is 10.6 Å². The fourth-order valence-corrected chi connectivity index (χ4v) is 2.92. The third kappa shape index (κ3) is 4.42. The minimum Gasteiger partial charge on any atom is -0.328 e. The number of aromatic amines is 1. The molecular formula is C18H16N4O3S. The molecule has 2 aromatic heterocycles. The SMILES string of the molecule is Cc1ccc(NC(=O)Cc2csc(NC(=O)c3ccc[nH]c3=O)n2)cc1. The number of aryl methyl sites for hydroxylation is 1. The summed E-state index contributed by atoms with van der Waals surface area (Å²) in [6.07, 6.45) is 1.54. The van der Waals surface area contributed by atoms with Gasteiger partial charge in [0.05, 0.1) is 12.1 Å². The van der Waals surface area contributed by atoms with Crippen LogP contribution in [0.5, 0.6) is 0 Å². The van der Waals surface area contributed by atoms with E-state index in [-0.39, 0.29) is 17.9 Å². The average molecular weight is 368 g/mol. The molecular weight excluding hydrogens is 352 g/mol. The molecule has 2 heterocycles. The van der Waals surface area contributed by atoms with E-state index in [1.165, 1.54) is 23.6 Å². The van der Waals surface area contributed by atoms with Crippen molar-refractivity contribution in [1.82, 2.24) is 9.97 Å². The number of aromatic nitrogens is 2. The van der Waals surface area contributed by atoms with Crippen LogP contribution < -0.4 is 16.2 Å². The highest BCUT2D eigenvalue weighted by molar-refractivity contribution is 7.14. The van der Waals surface area contributed by atoms with E-state index in [0.717, 1.165) is 5.56 Å². The third-order valence-electron chi connectivity index (χ3n) is 3.51. The van der Waals surface area contributed by atoms with Gasteiger partial charge in [0.15, 0.2) is 5.13 Å². The van der Waals surface area contributed by atoms with Crippen molar-refractivity contribution in [1.29, 1.82) is 0 Å². The lowest BCUT2D eigenvalue weighted by molar-refractivity contribution is -0.115. The summed E-state index contributed by atoms with van der Waals surface area (Å²) in [7, 11) is 0. The molecule has 132 valence electrons. The van der Waals surface area contributed by atoms with Gasteiger partial charge in [0, 0.05) is 17.3 Å². The number of carbonyl (C=O) groups is 2. The molecule has 8 heteroatoms. The third-order valence-corrected chi connectivity index (χ3v) is 4.32. The first-order chi connectivity index (χ1) is 12.5. The lowest BCUT2D eigenvalue weighted by Crippen LogP contribution is -2.22. The lowest BCUT2D eigenvalue weighted by atomic mass is 10.2. The predicted octanol–water partition coefficient (Wildman–Crippen LogP) is 2.57. The van der Waals surface area contributed by atoms with Crippen molar-refractivity contribution in [2.45, 2.75) is 13.3 Å². The molecule has 7 nitrogen and oxygen atoms in total. The molecule has 1 aromatic carbocycles. The van der Waals surface area contributed by atoms with E-state index in [1.807, 2.05) is 31.2 Å². The van der Waals surface area contributed by atoms with Crippen LogP contribution in [0.4, 0.5) is 10.8 Å². The Morgan fingerprint density at radius 3 is 2.65 bits per heavy atom. The van der Waals surface area contributed by atoms with E-state index in [1.54, 1.807) is 11.4 Å². The van der Waals surface area contributed by atoms with E-state index in [4.69, 9.17) is 0 Å². The first-order valence-electron chi connectivity index (χ1n) is 7.81. The number of pyridine rings is 1. The zero-order valence-corrected chi connectivity index (χ0v) is 14.7. The maximum absolute atomic E-state index is 12.1. The summed E-state index contributed by atoms with van der Waals surface area (Å²) >= 11 is 1.19. The van der Waals surface area contributed by atoms with Gasteiger partial charge < -0.3 is 10.3 Å². The van der Waals surface area contributed by atoms with E-state index in [0.29, 0.717) is 16.5 Å². The molecule has 0 atom stereocenters. The summed E-state index contributed by atoms with van der Waals surface area (Å²) in [4.78, 5) is 42.4. The Hall–Kier alpha value is -3.26. The Labute approximate surface area is 153 Å².